The topological polar surface area (TPSA) is 56.5 Å². The summed E-state index contributed by atoms with van der Waals surface area (Å²) < 4.78 is 10.7. The van der Waals surface area contributed by atoms with Gasteiger partial charge in [-0.2, -0.15) is 0 Å². The maximum absolute atomic E-state index is 5.84. The van der Waals surface area contributed by atoms with Gasteiger partial charge in [-0.1, -0.05) is 24.5 Å². The Labute approximate surface area is 127 Å². The van der Waals surface area contributed by atoms with Crippen molar-refractivity contribution in [3.05, 3.63) is 35.4 Å². The molecule has 116 valence electrons. The predicted molar refractivity (Wildman–Crippen MR) is 85.4 cm³/mol. The number of rotatable bonds is 5. The van der Waals surface area contributed by atoms with E-state index in [4.69, 9.17) is 15.3 Å². The fraction of sp³-hybridized carbons (Fsp3) is 0.529. The number of methoxy groups -OCH3 is 2. The van der Waals surface area contributed by atoms with Crippen molar-refractivity contribution < 1.29 is 9.47 Å². The summed E-state index contributed by atoms with van der Waals surface area (Å²) in [6.45, 7) is 0. The molecule has 4 nitrogen and oxygen atoms in total. The zero-order valence-corrected chi connectivity index (χ0v) is 13.0. The average Bonchev–Trinajstić information content (AvgIpc) is 2.49. The molecule has 0 aromatic heterocycles. The summed E-state index contributed by atoms with van der Waals surface area (Å²) >= 11 is 0. The molecule has 0 bridgehead atoms. The van der Waals surface area contributed by atoms with Crippen LogP contribution in [0.15, 0.2) is 29.8 Å². The molecule has 0 spiro atoms. The molecule has 0 saturated heterocycles. The van der Waals surface area contributed by atoms with Gasteiger partial charge in [-0.05, 0) is 43.4 Å². The number of benzene rings is 1. The molecule has 1 aromatic carbocycles. The third-order valence-corrected chi connectivity index (χ3v) is 4.07. The average molecular weight is 290 g/mol. The van der Waals surface area contributed by atoms with Gasteiger partial charge in [-0.3, -0.25) is 5.84 Å². The summed E-state index contributed by atoms with van der Waals surface area (Å²) in [6.07, 6.45) is 9.69. The molecule has 0 amide bonds. The van der Waals surface area contributed by atoms with Gasteiger partial charge in [0.15, 0.2) is 0 Å². The monoisotopic (exact) mass is 290 g/mol. The van der Waals surface area contributed by atoms with Crippen LogP contribution in [0.3, 0.4) is 0 Å². The molecule has 1 atom stereocenters. The number of hydrazine groups is 1. The fourth-order valence-electron chi connectivity index (χ4n) is 2.89. The number of allylic oxidation sites excluding steroid dienone is 1. The molecule has 1 unspecified atom stereocenters. The smallest absolute Gasteiger partial charge is 0.122 e. The first-order chi connectivity index (χ1) is 10.3. The Balaban J connectivity index is 2.30. The molecule has 0 fully saturated rings. The number of ether oxygens (including phenoxy) is 2. The van der Waals surface area contributed by atoms with E-state index in [1.165, 1.54) is 31.3 Å². The standard InChI is InChI=1S/C17H26N2O2/c1-20-15-10-14(11-16(12-15)21-2)17(19-18)13-8-6-4-3-5-7-9-13/h8,10-12,17,19H,3-7,9,18H2,1-2H3/b13-8+. The van der Waals surface area contributed by atoms with Crippen LogP contribution in [0.1, 0.15) is 50.1 Å². The van der Waals surface area contributed by atoms with Gasteiger partial charge in [-0.25, -0.2) is 5.43 Å². The van der Waals surface area contributed by atoms with E-state index in [0.717, 1.165) is 29.9 Å². The molecular weight excluding hydrogens is 264 g/mol. The van der Waals surface area contributed by atoms with E-state index in [9.17, 15) is 0 Å². The van der Waals surface area contributed by atoms with Crippen LogP contribution >= 0.6 is 0 Å². The first-order valence-electron chi connectivity index (χ1n) is 7.66. The molecule has 1 aliphatic carbocycles. The van der Waals surface area contributed by atoms with Crippen molar-refractivity contribution in [2.45, 2.75) is 44.6 Å². The highest BCUT2D eigenvalue weighted by atomic mass is 16.5. The fourth-order valence-corrected chi connectivity index (χ4v) is 2.89. The van der Waals surface area contributed by atoms with E-state index in [-0.39, 0.29) is 6.04 Å². The van der Waals surface area contributed by atoms with Gasteiger partial charge in [0, 0.05) is 6.07 Å². The SMILES string of the molecule is COc1cc(OC)cc(C(NN)/C2=C/CCCCCC2)c1. The van der Waals surface area contributed by atoms with Crippen LogP contribution in [0, 0.1) is 0 Å². The van der Waals surface area contributed by atoms with Crippen molar-refractivity contribution in [1.29, 1.82) is 0 Å². The normalized spacial score (nSPS) is 19.9. The Morgan fingerprint density at radius 1 is 1.00 bits per heavy atom. The Morgan fingerprint density at radius 2 is 1.67 bits per heavy atom. The highest BCUT2D eigenvalue weighted by Crippen LogP contribution is 2.32. The minimum atomic E-state index is 0.0205. The molecular formula is C17H26N2O2. The molecule has 1 aromatic rings. The van der Waals surface area contributed by atoms with Crippen molar-refractivity contribution >= 4 is 0 Å². The highest BCUT2D eigenvalue weighted by Gasteiger charge is 2.17. The predicted octanol–water partition coefficient (Wildman–Crippen LogP) is 3.49. The molecule has 21 heavy (non-hydrogen) atoms. The minimum Gasteiger partial charge on any atom is -0.497 e. The van der Waals surface area contributed by atoms with Gasteiger partial charge in [0.05, 0.1) is 20.3 Å². The van der Waals surface area contributed by atoms with Crippen molar-refractivity contribution in [2.24, 2.45) is 5.84 Å². The Bertz CT molecular complexity index is 463. The molecule has 0 aliphatic heterocycles. The lowest BCUT2D eigenvalue weighted by molar-refractivity contribution is 0.392. The van der Waals surface area contributed by atoms with Crippen molar-refractivity contribution in [2.75, 3.05) is 14.2 Å². The molecule has 1 aliphatic rings. The first-order valence-corrected chi connectivity index (χ1v) is 7.66. The van der Waals surface area contributed by atoms with Gasteiger partial charge in [-0.15, -0.1) is 0 Å². The van der Waals surface area contributed by atoms with Gasteiger partial charge >= 0.3 is 0 Å². The van der Waals surface area contributed by atoms with Gasteiger partial charge in [0.2, 0.25) is 0 Å². The van der Waals surface area contributed by atoms with Crippen LogP contribution in [0.2, 0.25) is 0 Å². The summed E-state index contributed by atoms with van der Waals surface area (Å²) in [5.41, 5.74) is 5.41. The second kappa shape index (κ2) is 8.05. The summed E-state index contributed by atoms with van der Waals surface area (Å²) in [5.74, 6) is 7.41. The number of nitrogens with one attached hydrogen (secondary N) is 1. The van der Waals surface area contributed by atoms with Crippen LogP contribution in [-0.2, 0) is 0 Å². The van der Waals surface area contributed by atoms with E-state index < -0.39 is 0 Å². The van der Waals surface area contributed by atoms with Gasteiger partial charge < -0.3 is 9.47 Å². The van der Waals surface area contributed by atoms with E-state index in [2.05, 4.69) is 11.5 Å². The lowest BCUT2D eigenvalue weighted by Crippen LogP contribution is -2.29. The Kier molecular flexibility index (Phi) is 6.08. The maximum atomic E-state index is 5.84. The Hall–Kier alpha value is -1.52. The molecule has 0 heterocycles. The highest BCUT2D eigenvalue weighted by molar-refractivity contribution is 5.42. The quantitative estimate of drug-likeness (QED) is 0.495. The summed E-state index contributed by atoms with van der Waals surface area (Å²) in [4.78, 5) is 0. The lowest BCUT2D eigenvalue weighted by Gasteiger charge is -2.23. The van der Waals surface area contributed by atoms with E-state index in [0.29, 0.717) is 0 Å². The molecule has 0 radical (unpaired) electrons. The summed E-state index contributed by atoms with van der Waals surface area (Å²) in [7, 11) is 3.33. The number of hydrogen-bond donors (Lipinski definition) is 2. The minimum absolute atomic E-state index is 0.0205. The van der Waals surface area contributed by atoms with Crippen LogP contribution in [-0.4, -0.2) is 14.2 Å². The number of nitrogens with two attached hydrogens (primary N) is 1. The van der Waals surface area contributed by atoms with E-state index in [1.807, 2.05) is 18.2 Å². The van der Waals surface area contributed by atoms with Crippen LogP contribution in [0.25, 0.3) is 0 Å². The summed E-state index contributed by atoms with van der Waals surface area (Å²) in [6, 6.07) is 5.94. The van der Waals surface area contributed by atoms with Crippen molar-refractivity contribution in [3.8, 4) is 11.5 Å². The van der Waals surface area contributed by atoms with Crippen LogP contribution in [0.5, 0.6) is 11.5 Å². The Morgan fingerprint density at radius 3 is 2.29 bits per heavy atom. The van der Waals surface area contributed by atoms with Crippen LogP contribution in [0.4, 0.5) is 0 Å². The number of hydrogen-bond acceptors (Lipinski definition) is 4. The third-order valence-electron chi connectivity index (χ3n) is 4.07. The lowest BCUT2D eigenvalue weighted by atomic mass is 9.91. The third kappa shape index (κ3) is 4.22. The van der Waals surface area contributed by atoms with E-state index >= 15 is 0 Å². The zero-order valence-electron chi connectivity index (χ0n) is 13.0. The maximum Gasteiger partial charge on any atom is 0.122 e. The molecule has 3 N–H and O–H groups in total. The van der Waals surface area contributed by atoms with Crippen LogP contribution < -0.4 is 20.7 Å². The molecule has 2 rings (SSSR count). The summed E-state index contributed by atoms with van der Waals surface area (Å²) in [5, 5.41) is 0. The first kappa shape index (κ1) is 15.9. The second-order valence-corrected chi connectivity index (χ2v) is 5.48. The molecule has 0 saturated carbocycles. The van der Waals surface area contributed by atoms with Gasteiger partial charge in [0.1, 0.15) is 11.5 Å². The van der Waals surface area contributed by atoms with Crippen molar-refractivity contribution in [3.63, 3.8) is 0 Å². The molecule has 4 heteroatoms. The van der Waals surface area contributed by atoms with Crippen molar-refractivity contribution in [1.82, 2.24) is 5.43 Å². The second-order valence-electron chi connectivity index (χ2n) is 5.48. The van der Waals surface area contributed by atoms with E-state index in [1.54, 1.807) is 14.2 Å². The zero-order chi connectivity index (χ0) is 15.1. The van der Waals surface area contributed by atoms with Gasteiger partial charge in [0.25, 0.3) is 0 Å². The largest absolute Gasteiger partial charge is 0.497 e.